The molecule has 2 atom stereocenters. The lowest BCUT2D eigenvalue weighted by molar-refractivity contribution is -0.110. The van der Waals surface area contributed by atoms with Crippen molar-refractivity contribution in [3.8, 4) is 0 Å². The average molecular weight is 304 g/mol. The first-order valence-electron chi connectivity index (χ1n) is 5.75. The van der Waals surface area contributed by atoms with Crippen LogP contribution in [0.1, 0.15) is 37.7 Å². The molecule has 1 saturated heterocycles. The molecule has 0 bridgehead atoms. The predicted molar refractivity (Wildman–Crippen MR) is 72.0 cm³/mol. The summed E-state index contributed by atoms with van der Waals surface area (Å²) >= 11 is 5.26. The third kappa shape index (κ3) is 2.86. The molecule has 1 aliphatic heterocycles. The number of ether oxygens (including phenoxy) is 1. The molecule has 2 unspecified atom stereocenters. The number of nitrogens with one attached hydrogen (secondary N) is 1. The lowest BCUT2D eigenvalue weighted by Crippen LogP contribution is -2.48. The quantitative estimate of drug-likeness (QED) is 0.918. The molecular formula is C12H18BrNOS. The Morgan fingerprint density at radius 1 is 1.69 bits per heavy atom. The normalized spacial score (nSPS) is 30.6. The molecule has 1 aliphatic rings. The third-order valence-electron chi connectivity index (χ3n) is 2.94. The Hall–Kier alpha value is 0.1000. The van der Waals surface area contributed by atoms with Crippen LogP contribution in [-0.4, -0.2) is 18.7 Å². The van der Waals surface area contributed by atoms with Crippen molar-refractivity contribution in [2.24, 2.45) is 0 Å². The fourth-order valence-corrected chi connectivity index (χ4v) is 3.70. The van der Waals surface area contributed by atoms with Crippen LogP contribution in [0.4, 0.5) is 0 Å². The molecule has 2 rings (SSSR count). The minimum Gasteiger partial charge on any atom is -0.364 e. The van der Waals surface area contributed by atoms with E-state index in [2.05, 4.69) is 46.5 Å². The van der Waals surface area contributed by atoms with E-state index in [-0.39, 0.29) is 11.7 Å². The molecule has 16 heavy (non-hydrogen) atoms. The first kappa shape index (κ1) is 12.6. The topological polar surface area (TPSA) is 21.3 Å². The third-order valence-corrected chi connectivity index (χ3v) is 4.72. The smallest absolute Gasteiger partial charge is 0.105 e. The van der Waals surface area contributed by atoms with Crippen LogP contribution in [0.25, 0.3) is 0 Å². The van der Waals surface area contributed by atoms with Crippen molar-refractivity contribution < 1.29 is 4.74 Å². The highest BCUT2D eigenvalue weighted by Gasteiger charge is 2.33. The molecule has 0 saturated carbocycles. The minimum absolute atomic E-state index is 0.00582. The van der Waals surface area contributed by atoms with Crippen LogP contribution < -0.4 is 5.32 Å². The summed E-state index contributed by atoms with van der Waals surface area (Å²) in [5, 5.41) is 5.60. The van der Waals surface area contributed by atoms with Crippen molar-refractivity contribution in [3.63, 3.8) is 0 Å². The van der Waals surface area contributed by atoms with Crippen LogP contribution in [0.15, 0.2) is 15.9 Å². The van der Waals surface area contributed by atoms with Crippen molar-refractivity contribution in [1.82, 2.24) is 5.32 Å². The van der Waals surface area contributed by atoms with Crippen LogP contribution in [0, 0.1) is 0 Å². The van der Waals surface area contributed by atoms with E-state index < -0.39 is 0 Å². The standard InChI is InChI=1S/C12H18BrNOS/c1-3-4-12(2)8-14-6-10(15-12)11-5-9(13)7-16-11/h5,7,10,14H,3-4,6,8H2,1-2H3. The number of morpholine rings is 1. The Kier molecular flexibility index (Phi) is 4.06. The maximum atomic E-state index is 6.24. The van der Waals surface area contributed by atoms with E-state index in [1.165, 1.54) is 11.3 Å². The second-order valence-corrected chi connectivity index (χ2v) is 6.46. The van der Waals surface area contributed by atoms with Crippen LogP contribution in [0.2, 0.25) is 0 Å². The molecule has 0 aromatic carbocycles. The summed E-state index contributed by atoms with van der Waals surface area (Å²) in [5.74, 6) is 0. The summed E-state index contributed by atoms with van der Waals surface area (Å²) in [4.78, 5) is 1.31. The van der Waals surface area contributed by atoms with E-state index in [1.807, 2.05) is 0 Å². The highest BCUT2D eigenvalue weighted by atomic mass is 79.9. The lowest BCUT2D eigenvalue weighted by atomic mass is 9.98. The summed E-state index contributed by atoms with van der Waals surface area (Å²) in [7, 11) is 0. The number of hydrogen-bond acceptors (Lipinski definition) is 3. The Balaban J connectivity index is 2.07. The van der Waals surface area contributed by atoms with Crippen molar-refractivity contribution in [2.45, 2.75) is 38.4 Å². The zero-order valence-electron chi connectivity index (χ0n) is 9.75. The van der Waals surface area contributed by atoms with E-state index in [0.717, 1.165) is 24.0 Å². The Morgan fingerprint density at radius 3 is 3.12 bits per heavy atom. The molecule has 1 N–H and O–H groups in total. The molecule has 1 aromatic rings. The number of rotatable bonds is 3. The average Bonchev–Trinajstić information content (AvgIpc) is 2.65. The number of thiophene rings is 1. The van der Waals surface area contributed by atoms with Gasteiger partial charge in [-0.3, -0.25) is 0 Å². The highest BCUT2D eigenvalue weighted by molar-refractivity contribution is 9.10. The molecular weight excluding hydrogens is 286 g/mol. The Bertz CT molecular complexity index is 351. The van der Waals surface area contributed by atoms with Gasteiger partial charge in [-0.25, -0.2) is 0 Å². The van der Waals surface area contributed by atoms with Gasteiger partial charge >= 0.3 is 0 Å². The Morgan fingerprint density at radius 2 is 2.50 bits per heavy atom. The van der Waals surface area contributed by atoms with E-state index >= 15 is 0 Å². The first-order valence-corrected chi connectivity index (χ1v) is 7.43. The van der Waals surface area contributed by atoms with Crippen LogP contribution in [0.3, 0.4) is 0 Å². The van der Waals surface area contributed by atoms with Crippen molar-refractivity contribution in [3.05, 3.63) is 20.8 Å². The summed E-state index contributed by atoms with van der Waals surface area (Å²) in [6.07, 6.45) is 2.49. The molecule has 2 nitrogen and oxygen atoms in total. The number of hydrogen-bond donors (Lipinski definition) is 1. The molecule has 4 heteroatoms. The van der Waals surface area contributed by atoms with Gasteiger partial charge in [-0.15, -0.1) is 11.3 Å². The maximum absolute atomic E-state index is 6.24. The molecule has 0 radical (unpaired) electrons. The van der Waals surface area contributed by atoms with E-state index in [0.29, 0.717) is 0 Å². The molecule has 0 aliphatic carbocycles. The van der Waals surface area contributed by atoms with Gasteiger partial charge in [0.2, 0.25) is 0 Å². The predicted octanol–water partition coefficient (Wildman–Crippen LogP) is 3.73. The largest absolute Gasteiger partial charge is 0.364 e. The van der Waals surface area contributed by atoms with Crippen molar-refractivity contribution >= 4 is 27.3 Å². The van der Waals surface area contributed by atoms with Crippen molar-refractivity contribution in [2.75, 3.05) is 13.1 Å². The van der Waals surface area contributed by atoms with Gasteiger partial charge in [0.05, 0.1) is 5.60 Å². The van der Waals surface area contributed by atoms with E-state index in [1.54, 1.807) is 11.3 Å². The van der Waals surface area contributed by atoms with Gasteiger partial charge in [0, 0.05) is 27.8 Å². The van der Waals surface area contributed by atoms with Gasteiger partial charge in [0.1, 0.15) is 6.10 Å². The van der Waals surface area contributed by atoms with E-state index in [4.69, 9.17) is 4.74 Å². The summed E-state index contributed by atoms with van der Waals surface area (Å²) in [6.45, 7) is 6.30. The maximum Gasteiger partial charge on any atom is 0.105 e. The van der Waals surface area contributed by atoms with Crippen LogP contribution >= 0.6 is 27.3 Å². The fraction of sp³-hybridized carbons (Fsp3) is 0.667. The molecule has 90 valence electrons. The second-order valence-electron chi connectivity index (χ2n) is 4.60. The summed E-state index contributed by atoms with van der Waals surface area (Å²) < 4.78 is 7.39. The van der Waals surface area contributed by atoms with Gasteiger partial charge < -0.3 is 10.1 Å². The lowest BCUT2D eigenvalue weighted by Gasteiger charge is -2.39. The molecule has 0 amide bonds. The van der Waals surface area contributed by atoms with Crippen molar-refractivity contribution in [1.29, 1.82) is 0 Å². The minimum atomic E-state index is -0.00582. The second kappa shape index (κ2) is 5.17. The van der Waals surface area contributed by atoms with Crippen LogP contribution in [-0.2, 0) is 4.74 Å². The first-order chi connectivity index (χ1) is 7.63. The molecule has 1 aromatic heterocycles. The van der Waals surface area contributed by atoms with Crippen LogP contribution in [0.5, 0.6) is 0 Å². The molecule has 0 spiro atoms. The highest BCUT2D eigenvalue weighted by Crippen LogP contribution is 2.34. The zero-order valence-corrected chi connectivity index (χ0v) is 12.2. The molecule has 1 fully saturated rings. The fourth-order valence-electron chi connectivity index (χ4n) is 2.23. The summed E-state index contributed by atoms with van der Waals surface area (Å²) in [5.41, 5.74) is -0.00582. The van der Waals surface area contributed by atoms with Gasteiger partial charge in [-0.05, 0) is 35.3 Å². The monoisotopic (exact) mass is 303 g/mol. The van der Waals surface area contributed by atoms with Gasteiger partial charge in [-0.1, -0.05) is 13.3 Å². The zero-order chi connectivity index (χ0) is 11.6. The van der Waals surface area contributed by atoms with E-state index in [9.17, 15) is 0 Å². The van der Waals surface area contributed by atoms with Gasteiger partial charge in [0.25, 0.3) is 0 Å². The summed E-state index contributed by atoms with van der Waals surface area (Å²) in [6, 6.07) is 2.16. The van der Waals surface area contributed by atoms with Gasteiger partial charge in [0.15, 0.2) is 0 Å². The Labute approximate surface area is 110 Å². The van der Waals surface area contributed by atoms with Gasteiger partial charge in [-0.2, -0.15) is 0 Å². The number of halogens is 1. The molecule has 2 heterocycles. The SMILES string of the molecule is CCCC1(C)CNCC(c2cc(Br)cs2)O1.